The van der Waals surface area contributed by atoms with Gasteiger partial charge in [0.2, 0.25) is 0 Å². The van der Waals surface area contributed by atoms with Crippen LogP contribution in [0.1, 0.15) is 52.9 Å². The fourth-order valence-corrected chi connectivity index (χ4v) is 5.10. The molecule has 0 heterocycles. The largest absolute Gasteiger partial charge is 0.0806 e. The molecule has 0 nitrogen and oxygen atoms in total. The second kappa shape index (κ2) is 4.54. The number of rotatable bonds is 2. The molecule has 18 heavy (non-hydrogen) atoms. The third-order valence-corrected chi connectivity index (χ3v) is 6.33. The van der Waals surface area contributed by atoms with Gasteiger partial charge in [-0.05, 0) is 54.3 Å². The van der Waals surface area contributed by atoms with Gasteiger partial charge < -0.3 is 0 Å². The van der Waals surface area contributed by atoms with Crippen LogP contribution in [-0.2, 0) is 0 Å². The van der Waals surface area contributed by atoms with Crippen molar-refractivity contribution in [3.8, 4) is 0 Å². The predicted molar refractivity (Wildman–Crippen MR) is 78.3 cm³/mol. The number of hydrogen-bond acceptors (Lipinski definition) is 0. The van der Waals surface area contributed by atoms with Crippen LogP contribution in [0, 0.1) is 35.0 Å². The molecule has 0 amide bonds. The smallest absolute Gasteiger partial charge is 0.0131 e. The van der Waals surface area contributed by atoms with Crippen molar-refractivity contribution in [1.82, 2.24) is 0 Å². The molecule has 0 heteroatoms. The molecule has 3 aliphatic rings. The van der Waals surface area contributed by atoms with E-state index < -0.39 is 0 Å². The van der Waals surface area contributed by atoms with E-state index in [0.29, 0.717) is 5.41 Å². The highest BCUT2D eigenvalue weighted by atomic mass is 14.5. The first-order valence-electron chi connectivity index (χ1n) is 7.95. The maximum atomic E-state index is 2.56. The second-order valence-electron chi connectivity index (χ2n) is 7.55. The summed E-state index contributed by atoms with van der Waals surface area (Å²) in [5.74, 6) is 4.40. The molecule has 0 saturated heterocycles. The highest BCUT2D eigenvalue weighted by Gasteiger charge is 2.48. The quantitative estimate of drug-likeness (QED) is 0.625. The van der Waals surface area contributed by atoms with Gasteiger partial charge in [0.05, 0.1) is 0 Å². The van der Waals surface area contributed by atoms with Gasteiger partial charge in [-0.1, -0.05) is 57.9 Å². The zero-order chi connectivity index (χ0) is 12.8. The molecule has 0 aliphatic heterocycles. The normalized spacial score (nSPS) is 40.4. The second-order valence-corrected chi connectivity index (χ2v) is 7.55. The lowest BCUT2D eigenvalue weighted by molar-refractivity contribution is 0.0952. The first-order chi connectivity index (χ1) is 8.60. The van der Waals surface area contributed by atoms with Crippen LogP contribution in [0.25, 0.3) is 0 Å². The van der Waals surface area contributed by atoms with Crippen molar-refractivity contribution in [1.29, 1.82) is 0 Å². The molecule has 0 bridgehead atoms. The molecule has 0 aromatic carbocycles. The number of allylic oxidation sites excluding steroid dienone is 4. The van der Waals surface area contributed by atoms with Gasteiger partial charge in [0.1, 0.15) is 0 Å². The van der Waals surface area contributed by atoms with Crippen molar-refractivity contribution in [3.63, 3.8) is 0 Å². The van der Waals surface area contributed by atoms with Crippen LogP contribution in [0.4, 0.5) is 0 Å². The van der Waals surface area contributed by atoms with Gasteiger partial charge in [-0.15, -0.1) is 0 Å². The summed E-state index contributed by atoms with van der Waals surface area (Å²) in [6, 6.07) is 0. The SMILES string of the molecule is CC1CC(C(C)(C)C2CCCC2)C2C=CC=CC12. The molecule has 2 saturated carbocycles. The standard InChI is InChI=1S/C18H28/c1-13-12-17(16-11-7-6-10-15(13)16)18(2,3)14-8-4-5-9-14/h6-7,10-11,13-17H,4-5,8-9,12H2,1-3H3. The topological polar surface area (TPSA) is 0 Å². The van der Waals surface area contributed by atoms with Gasteiger partial charge >= 0.3 is 0 Å². The summed E-state index contributed by atoms with van der Waals surface area (Å²) in [6.45, 7) is 7.59. The minimum Gasteiger partial charge on any atom is -0.0806 e. The maximum absolute atomic E-state index is 2.56. The van der Waals surface area contributed by atoms with E-state index in [9.17, 15) is 0 Å². The molecule has 2 fully saturated rings. The summed E-state index contributed by atoms with van der Waals surface area (Å²) in [5.41, 5.74) is 0.541. The van der Waals surface area contributed by atoms with E-state index in [1.165, 1.54) is 32.1 Å². The van der Waals surface area contributed by atoms with Crippen LogP contribution < -0.4 is 0 Å². The first-order valence-corrected chi connectivity index (χ1v) is 7.95. The predicted octanol–water partition coefficient (Wildman–Crippen LogP) is 5.22. The highest BCUT2D eigenvalue weighted by molar-refractivity contribution is 5.20. The first kappa shape index (κ1) is 12.5. The lowest BCUT2D eigenvalue weighted by Crippen LogP contribution is -2.34. The van der Waals surface area contributed by atoms with Gasteiger partial charge in [-0.25, -0.2) is 0 Å². The van der Waals surface area contributed by atoms with Crippen LogP contribution in [0.2, 0.25) is 0 Å². The number of fused-ring (bicyclic) bond motifs is 1. The summed E-state index contributed by atoms with van der Waals surface area (Å²) in [6.07, 6.45) is 16.9. The fourth-order valence-electron chi connectivity index (χ4n) is 5.10. The zero-order valence-electron chi connectivity index (χ0n) is 12.2. The highest BCUT2D eigenvalue weighted by Crippen LogP contribution is 2.56. The van der Waals surface area contributed by atoms with Gasteiger partial charge in [-0.3, -0.25) is 0 Å². The molecule has 0 aromatic heterocycles. The maximum Gasteiger partial charge on any atom is -0.0131 e. The lowest BCUT2D eigenvalue weighted by Gasteiger charge is -2.41. The zero-order valence-corrected chi connectivity index (χ0v) is 12.2. The molecule has 0 N–H and O–H groups in total. The Labute approximate surface area is 113 Å². The van der Waals surface area contributed by atoms with E-state index in [1.54, 1.807) is 0 Å². The van der Waals surface area contributed by atoms with Gasteiger partial charge in [-0.2, -0.15) is 0 Å². The Morgan fingerprint density at radius 2 is 1.56 bits per heavy atom. The van der Waals surface area contributed by atoms with E-state index in [1.807, 2.05) is 0 Å². The molecule has 100 valence electrons. The molecule has 0 spiro atoms. The minimum absolute atomic E-state index is 0.541. The summed E-state index contributed by atoms with van der Waals surface area (Å²) >= 11 is 0. The monoisotopic (exact) mass is 244 g/mol. The Bertz CT molecular complexity index is 354. The molecule has 3 rings (SSSR count). The van der Waals surface area contributed by atoms with Gasteiger partial charge in [0, 0.05) is 0 Å². The third kappa shape index (κ3) is 1.89. The third-order valence-electron chi connectivity index (χ3n) is 6.33. The van der Waals surface area contributed by atoms with Crippen LogP contribution >= 0.6 is 0 Å². The van der Waals surface area contributed by atoms with E-state index in [0.717, 1.165) is 29.6 Å². The average Bonchev–Trinajstić information content (AvgIpc) is 2.98. The van der Waals surface area contributed by atoms with Crippen molar-refractivity contribution in [2.45, 2.75) is 52.9 Å². The van der Waals surface area contributed by atoms with Crippen molar-refractivity contribution >= 4 is 0 Å². The molecule has 4 atom stereocenters. The summed E-state index contributed by atoms with van der Waals surface area (Å²) < 4.78 is 0. The Morgan fingerprint density at radius 1 is 0.944 bits per heavy atom. The summed E-state index contributed by atoms with van der Waals surface area (Å²) in [4.78, 5) is 0. The molecule has 0 radical (unpaired) electrons. The van der Waals surface area contributed by atoms with Crippen molar-refractivity contribution in [2.75, 3.05) is 0 Å². The Kier molecular flexibility index (Phi) is 3.16. The summed E-state index contributed by atoms with van der Waals surface area (Å²) in [7, 11) is 0. The van der Waals surface area contributed by atoms with Gasteiger partial charge in [0.15, 0.2) is 0 Å². The van der Waals surface area contributed by atoms with Crippen LogP contribution in [0.3, 0.4) is 0 Å². The van der Waals surface area contributed by atoms with Crippen molar-refractivity contribution in [2.24, 2.45) is 35.0 Å². The lowest BCUT2D eigenvalue weighted by atomic mass is 9.64. The number of hydrogen-bond donors (Lipinski definition) is 0. The fraction of sp³-hybridized carbons (Fsp3) is 0.778. The van der Waals surface area contributed by atoms with E-state index in [-0.39, 0.29) is 0 Å². The summed E-state index contributed by atoms with van der Waals surface area (Å²) in [5, 5.41) is 0. The van der Waals surface area contributed by atoms with E-state index >= 15 is 0 Å². The Hall–Kier alpha value is -0.520. The Morgan fingerprint density at radius 3 is 2.22 bits per heavy atom. The molecule has 0 aromatic rings. The van der Waals surface area contributed by atoms with Crippen LogP contribution in [-0.4, -0.2) is 0 Å². The minimum atomic E-state index is 0.541. The van der Waals surface area contributed by atoms with Crippen molar-refractivity contribution in [3.05, 3.63) is 24.3 Å². The molecule has 4 unspecified atom stereocenters. The average molecular weight is 244 g/mol. The molecule has 3 aliphatic carbocycles. The van der Waals surface area contributed by atoms with E-state index in [4.69, 9.17) is 0 Å². The van der Waals surface area contributed by atoms with Crippen LogP contribution in [0.15, 0.2) is 24.3 Å². The van der Waals surface area contributed by atoms with E-state index in [2.05, 4.69) is 45.1 Å². The van der Waals surface area contributed by atoms with Crippen molar-refractivity contribution < 1.29 is 0 Å². The van der Waals surface area contributed by atoms with Gasteiger partial charge in [0.25, 0.3) is 0 Å². The molecular formula is C18H28. The van der Waals surface area contributed by atoms with Crippen LogP contribution in [0.5, 0.6) is 0 Å². The Balaban J connectivity index is 1.83. The molecular weight excluding hydrogens is 216 g/mol.